The van der Waals surface area contributed by atoms with Crippen molar-refractivity contribution in [1.82, 2.24) is 14.9 Å². The van der Waals surface area contributed by atoms with E-state index in [9.17, 15) is 5.11 Å². The van der Waals surface area contributed by atoms with Crippen LogP contribution in [0.1, 0.15) is 11.4 Å². The van der Waals surface area contributed by atoms with Crippen LogP contribution in [0.15, 0.2) is 58.1 Å². The lowest BCUT2D eigenvalue weighted by atomic mass is 10.2. The van der Waals surface area contributed by atoms with Crippen molar-refractivity contribution in [2.75, 3.05) is 0 Å². The number of aromatic hydroxyl groups is 1. The number of ether oxygens (including phenoxy) is 1. The SMILES string of the molecule is Oc1ccc(/C=N\n2c(COc3ccccc3)n[nH]c2=S)cc1Br. The number of H-pyrrole nitrogens is 1. The van der Waals surface area contributed by atoms with Crippen LogP contribution in [0, 0.1) is 4.77 Å². The van der Waals surface area contributed by atoms with Crippen LogP contribution in [0.5, 0.6) is 11.5 Å². The molecular weight excluding hydrogens is 392 g/mol. The molecule has 0 amide bonds. The summed E-state index contributed by atoms with van der Waals surface area (Å²) in [5.41, 5.74) is 0.803. The Morgan fingerprint density at radius 1 is 1.29 bits per heavy atom. The molecule has 0 aliphatic carbocycles. The fourth-order valence-electron chi connectivity index (χ4n) is 1.93. The Balaban J connectivity index is 1.78. The predicted octanol–water partition coefficient (Wildman–Crippen LogP) is 3.87. The Morgan fingerprint density at radius 3 is 2.83 bits per heavy atom. The Morgan fingerprint density at radius 2 is 2.08 bits per heavy atom. The Hall–Kier alpha value is -2.45. The van der Waals surface area contributed by atoms with E-state index in [1.165, 1.54) is 4.68 Å². The van der Waals surface area contributed by atoms with Gasteiger partial charge in [0.25, 0.3) is 0 Å². The van der Waals surface area contributed by atoms with Gasteiger partial charge in [0, 0.05) is 0 Å². The van der Waals surface area contributed by atoms with Gasteiger partial charge >= 0.3 is 0 Å². The van der Waals surface area contributed by atoms with Crippen LogP contribution in [-0.2, 0) is 6.61 Å². The number of phenols is 1. The van der Waals surface area contributed by atoms with Crippen molar-refractivity contribution in [2.45, 2.75) is 6.61 Å². The monoisotopic (exact) mass is 404 g/mol. The molecule has 8 heteroatoms. The second-order valence-electron chi connectivity index (χ2n) is 4.81. The van der Waals surface area contributed by atoms with Crippen molar-refractivity contribution in [3.05, 3.63) is 69.2 Å². The molecule has 2 aromatic carbocycles. The van der Waals surface area contributed by atoms with Crippen LogP contribution >= 0.6 is 28.1 Å². The maximum atomic E-state index is 9.52. The number of nitrogens with one attached hydrogen (secondary N) is 1. The molecule has 0 aliphatic rings. The van der Waals surface area contributed by atoms with Crippen molar-refractivity contribution in [3.8, 4) is 11.5 Å². The number of nitrogens with zero attached hydrogens (tertiary/aromatic N) is 3. The lowest BCUT2D eigenvalue weighted by Gasteiger charge is -2.05. The van der Waals surface area contributed by atoms with Crippen LogP contribution in [0.3, 0.4) is 0 Å². The van der Waals surface area contributed by atoms with Crippen molar-refractivity contribution >= 4 is 34.4 Å². The van der Waals surface area contributed by atoms with Crippen molar-refractivity contribution < 1.29 is 9.84 Å². The molecule has 0 saturated carbocycles. The van der Waals surface area contributed by atoms with Gasteiger partial charge in [-0.3, -0.25) is 0 Å². The van der Waals surface area contributed by atoms with E-state index in [2.05, 4.69) is 31.2 Å². The zero-order chi connectivity index (χ0) is 16.9. The summed E-state index contributed by atoms with van der Waals surface area (Å²) in [4.78, 5) is 0. The summed E-state index contributed by atoms with van der Waals surface area (Å²) in [6.45, 7) is 0.230. The Bertz CT molecular complexity index is 921. The maximum absolute atomic E-state index is 9.52. The van der Waals surface area contributed by atoms with Gasteiger partial charge in [0.1, 0.15) is 18.1 Å². The van der Waals surface area contributed by atoms with E-state index in [1.807, 2.05) is 30.3 Å². The normalized spacial score (nSPS) is 11.0. The van der Waals surface area contributed by atoms with Crippen molar-refractivity contribution in [1.29, 1.82) is 0 Å². The summed E-state index contributed by atoms with van der Waals surface area (Å²) in [5.74, 6) is 1.46. The number of hydrogen-bond donors (Lipinski definition) is 2. The molecule has 0 atom stereocenters. The lowest BCUT2D eigenvalue weighted by molar-refractivity contribution is 0.290. The molecule has 3 aromatic rings. The third kappa shape index (κ3) is 3.90. The molecule has 0 bridgehead atoms. The summed E-state index contributed by atoms with van der Waals surface area (Å²) in [6.07, 6.45) is 1.63. The van der Waals surface area contributed by atoms with E-state index in [0.29, 0.717) is 15.1 Å². The molecule has 0 unspecified atom stereocenters. The average Bonchev–Trinajstić information content (AvgIpc) is 2.95. The van der Waals surface area contributed by atoms with Crippen LogP contribution < -0.4 is 4.74 Å². The number of rotatable bonds is 5. The molecule has 24 heavy (non-hydrogen) atoms. The van der Waals surface area contributed by atoms with Gasteiger partial charge in [-0.2, -0.15) is 14.9 Å². The molecule has 0 saturated heterocycles. The second kappa shape index (κ2) is 7.41. The highest BCUT2D eigenvalue weighted by Crippen LogP contribution is 2.23. The summed E-state index contributed by atoms with van der Waals surface area (Å²) < 4.78 is 8.13. The smallest absolute Gasteiger partial charge is 0.216 e. The van der Waals surface area contributed by atoms with Gasteiger partial charge in [-0.05, 0) is 64.0 Å². The molecule has 0 aliphatic heterocycles. The first-order chi connectivity index (χ1) is 11.6. The van der Waals surface area contributed by atoms with Crippen LogP contribution in [0.2, 0.25) is 0 Å². The van der Waals surface area contributed by atoms with E-state index < -0.39 is 0 Å². The first-order valence-electron chi connectivity index (χ1n) is 7.00. The zero-order valence-corrected chi connectivity index (χ0v) is 14.8. The van der Waals surface area contributed by atoms with Gasteiger partial charge in [0.15, 0.2) is 5.82 Å². The number of aromatic nitrogens is 3. The van der Waals surface area contributed by atoms with Crippen LogP contribution in [0.25, 0.3) is 0 Å². The average molecular weight is 405 g/mol. The number of phenolic OH excluding ortho intramolecular Hbond substituents is 1. The third-order valence-electron chi connectivity index (χ3n) is 3.12. The van der Waals surface area contributed by atoms with Crippen LogP contribution in [-0.4, -0.2) is 26.2 Å². The summed E-state index contributed by atoms with van der Waals surface area (Å²) in [5, 5.41) is 20.7. The van der Waals surface area contributed by atoms with Gasteiger partial charge in [-0.15, -0.1) is 0 Å². The highest BCUT2D eigenvalue weighted by atomic mass is 79.9. The zero-order valence-electron chi connectivity index (χ0n) is 12.4. The van der Waals surface area contributed by atoms with Crippen molar-refractivity contribution in [3.63, 3.8) is 0 Å². The lowest BCUT2D eigenvalue weighted by Crippen LogP contribution is -2.04. The quantitative estimate of drug-likeness (QED) is 0.499. The number of halogens is 1. The third-order valence-corrected chi connectivity index (χ3v) is 4.02. The minimum atomic E-state index is 0.170. The van der Waals surface area contributed by atoms with Gasteiger partial charge in [0.2, 0.25) is 4.77 Å². The van der Waals surface area contributed by atoms with E-state index in [1.54, 1.807) is 24.4 Å². The molecule has 3 rings (SSSR count). The minimum Gasteiger partial charge on any atom is -0.507 e. The molecule has 2 N–H and O–H groups in total. The van der Waals surface area contributed by atoms with E-state index in [4.69, 9.17) is 17.0 Å². The molecule has 1 aromatic heterocycles. The van der Waals surface area contributed by atoms with E-state index in [0.717, 1.165) is 11.3 Å². The van der Waals surface area contributed by atoms with E-state index in [-0.39, 0.29) is 12.4 Å². The molecule has 1 heterocycles. The van der Waals surface area contributed by atoms with Crippen molar-refractivity contribution in [2.24, 2.45) is 5.10 Å². The molecule has 6 nitrogen and oxygen atoms in total. The summed E-state index contributed by atoms with van der Waals surface area (Å²) in [6, 6.07) is 14.5. The van der Waals surface area contributed by atoms with Gasteiger partial charge in [-0.25, -0.2) is 5.10 Å². The molecule has 0 fully saturated rings. The van der Waals surface area contributed by atoms with Crippen LogP contribution in [0.4, 0.5) is 0 Å². The van der Waals surface area contributed by atoms with Gasteiger partial charge in [0.05, 0.1) is 10.7 Å². The first kappa shape index (κ1) is 16.4. The topological polar surface area (TPSA) is 75.4 Å². The number of hydrogen-bond acceptors (Lipinski definition) is 5. The number of aromatic amines is 1. The second-order valence-corrected chi connectivity index (χ2v) is 6.05. The molecule has 122 valence electrons. The van der Waals surface area contributed by atoms with E-state index >= 15 is 0 Å². The fourth-order valence-corrected chi connectivity index (χ4v) is 2.52. The summed E-state index contributed by atoms with van der Waals surface area (Å²) in [7, 11) is 0. The Labute approximate surface area is 151 Å². The summed E-state index contributed by atoms with van der Waals surface area (Å²) >= 11 is 8.46. The number of benzene rings is 2. The first-order valence-corrected chi connectivity index (χ1v) is 8.20. The Kier molecular flexibility index (Phi) is 5.07. The van der Waals surface area contributed by atoms with Gasteiger partial charge < -0.3 is 9.84 Å². The number of para-hydroxylation sites is 1. The molecule has 0 radical (unpaired) electrons. The maximum Gasteiger partial charge on any atom is 0.216 e. The minimum absolute atomic E-state index is 0.170. The molecular formula is C16H13BrN4O2S. The largest absolute Gasteiger partial charge is 0.507 e. The standard InChI is InChI=1S/C16H13BrN4O2S/c17-13-8-11(6-7-14(13)22)9-18-21-15(19-20-16(21)24)10-23-12-4-2-1-3-5-12/h1-9,22H,10H2,(H,20,24)/b18-9-. The highest BCUT2D eigenvalue weighted by Gasteiger charge is 2.06. The molecule has 0 spiro atoms. The fraction of sp³-hybridized carbons (Fsp3) is 0.0625. The predicted molar refractivity (Wildman–Crippen MR) is 97.0 cm³/mol. The van der Waals surface area contributed by atoms with Gasteiger partial charge in [-0.1, -0.05) is 18.2 Å². The highest BCUT2D eigenvalue weighted by molar-refractivity contribution is 9.10.